The first-order valence-electron chi connectivity index (χ1n) is 8.25. The van der Waals surface area contributed by atoms with Gasteiger partial charge in [-0.15, -0.1) is 0 Å². The maximum Gasteiger partial charge on any atom is 0.225 e. The molecule has 128 valence electrons. The van der Waals surface area contributed by atoms with Crippen LogP contribution < -0.4 is 4.90 Å². The molecular formula is C15H24N4O3S. The molecule has 0 aromatic carbocycles. The first kappa shape index (κ1) is 16.6. The van der Waals surface area contributed by atoms with Crippen molar-refractivity contribution in [3.63, 3.8) is 0 Å². The lowest BCUT2D eigenvalue weighted by Gasteiger charge is -2.30. The molecule has 0 amide bonds. The molecule has 1 aromatic rings. The van der Waals surface area contributed by atoms with Crippen molar-refractivity contribution < 1.29 is 13.2 Å². The zero-order valence-corrected chi connectivity index (χ0v) is 14.4. The summed E-state index contributed by atoms with van der Waals surface area (Å²) in [5.74, 6) is 0.903. The summed E-state index contributed by atoms with van der Waals surface area (Å²) in [4.78, 5) is 11.2. The Morgan fingerprint density at radius 1 is 1.26 bits per heavy atom. The van der Waals surface area contributed by atoms with Crippen molar-refractivity contribution in [1.29, 1.82) is 0 Å². The average molecular weight is 340 g/mol. The van der Waals surface area contributed by atoms with E-state index in [-0.39, 0.29) is 5.75 Å². The number of hydrogen-bond acceptors (Lipinski definition) is 6. The van der Waals surface area contributed by atoms with E-state index in [1.807, 2.05) is 13.1 Å². The fourth-order valence-corrected chi connectivity index (χ4v) is 4.48. The van der Waals surface area contributed by atoms with Crippen LogP contribution in [-0.4, -0.2) is 61.3 Å². The largest absolute Gasteiger partial charge is 0.378 e. The number of unbranched alkanes of at least 4 members (excludes halogenated alkanes) is 1. The third-order valence-corrected chi connectivity index (χ3v) is 6.24. The van der Waals surface area contributed by atoms with Crippen LogP contribution in [0, 0.1) is 0 Å². The third-order valence-electron chi connectivity index (χ3n) is 4.34. The Morgan fingerprint density at radius 3 is 2.78 bits per heavy atom. The van der Waals surface area contributed by atoms with Crippen molar-refractivity contribution in [3.05, 3.63) is 17.5 Å². The summed E-state index contributed by atoms with van der Waals surface area (Å²) in [5.41, 5.74) is 1.90. The molecule has 1 saturated heterocycles. The number of anilines is 1. The van der Waals surface area contributed by atoms with E-state index in [1.54, 1.807) is 4.31 Å². The number of rotatable bonds is 5. The molecular weight excluding hydrogens is 316 g/mol. The van der Waals surface area contributed by atoms with Gasteiger partial charge in [-0.2, -0.15) is 4.31 Å². The Labute approximate surface area is 137 Å². The smallest absolute Gasteiger partial charge is 0.225 e. The molecule has 0 saturated carbocycles. The highest BCUT2D eigenvalue weighted by atomic mass is 32.2. The van der Waals surface area contributed by atoms with Gasteiger partial charge < -0.3 is 9.64 Å². The van der Waals surface area contributed by atoms with Gasteiger partial charge in [-0.1, -0.05) is 13.3 Å². The zero-order valence-electron chi connectivity index (χ0n) is 13.6. The lowest BCUT2D eigenvalue weighted by atomic mass is 10.1. The minimum Gasteiger partial charge on any atom is -0.378 e. The summed E-state index contributed by atoms with van der Waals surface area (Å²) in [6.07, 6.45) is 4.12. The highest BCUT2D eigenvalue weighted by Crippen LogP contribution is 2.22. The summed E-state index contributed by atoms with van der Waals surface area (Å²) in [6, 6.07) is 0. The van der Waals surface area contributed by atoms with Crippen molar-refractivity contribution in [2.24, 2.45) is 0 Å². The highest BCUT2D eigenvalue weighted by molar-refractivity contribution is 7.89. The summed E-state index contributed by atoms with van der Waals surface area (Å²) in [7, 11) is -3.19. The third kappa shape index (κ3) is 3.81. The fraction of sp³-hybridized carbons (Fsp3) is 0.733. The van der Waals surface area contributed by atoms with Gasteiger partial charge in [0.2, 0.25) is 16.0 Å². The minimum absolute atomic E-state index is 0.222. The van der Waals surface area contributed by atoms with Crippen LogP contribution in [0.2, 0.25) is 0 Å². The van der Waals surface area contributed by atoms with Crippen LogP contribution in [0.4, 0.5) is 5.95 Å². The Bertz CT molecular complexity index is 644. The van der Waals surface area contributed by atoms with E-state index in [1.165, 1.54) is 0 Å². The summed E-state index contributed by atoms with van der Waals surface area (Å²) >= 11 is 0. The summed E-state index contributed by atoms with van der Waals surface area (Å²) in [5, 5.41) is 0. The number of sulfonamides is 1. The predicted molar refractivity (Wildman–Crippen MR) is 87.9 cm³/mol. The lowest BCUT2D eigenvalue weighted by Crippen LogP contribution is -2.40. The van der Waals surface area contributed by atoms with E-state index < -0.39 is 10.0 Å². The molecule has 0 radical (unpaired) electrons. The summed E-state index contributed by atoms with van der Waals surface area (Å²) in [6.45, 7) is 5.80. The van der Waals surface area contributed by atoms with E-state index in [4.69, 9.17) is 4.74 Å². The number of hydrogen-bond donors (Lipinski definition) is 0. The van der Waals surface area contributed by atoms with Gasteiger partial charge in [-0.25, -0.2) is 18.4 Å². The number of aromatic nitrogens is 2. The highest BCUT2D eigenvalue weighted by Gasteiger charge is 2.28. The van der Waals surface area contributed by atoms with Crippen LogP contribution >= 0.6 is 0 Å². The van der Waals surface area contributed by atoms with Gasteiger partial charge >= 0.3 is 0 Å². The zero-order chi connectivity index (χ0) is 16.3. The molecule has 0 atom stereocenters. The Kier molecular flexibility index (Phi) is 5.13. The van der Waals surface area contributed by atoms with E-state index in [2.05, 4.69) is 14.9 Å². The van der Waals surface area contributed by atoms with E-state index in [0.717, 1.165) is 30.8 Å². The molecule has 0 bridgehead atoms. The molecule has 23 heavy (non-hydrogen) atoms. The first-order chi connectivity index (χ1) is 11.1. The second kappa shape index (κ2) is 7.11. The molecule has 3 heterocycles. The SMILES string of the molecule is CCCCS(=O)(=O)N1CCc2cnc(N3CCOCC3)nc2C1. The fourth-order valence-electron chi connectivity index (χ4n) is 2.88. The topological polar surface area (TPSA) is 75.6 Å². The number of fused-ring (bicyclic) bond motifs is 1. The van der Waals surface area contributed by atoms with Crippen molar-refractivity contribution >= 4 is 16.0 Å². The molecule has 3 rings (SSSR count). The second-order valence-electron chi connectivity index (χ2n) is 5.99. The number of nitrogens with zero attached hydrogens (tertiary/aromatic N) is 4. The molecule has 0 spiro atoms. The van der Waals surface area contributed by atoms with Gasteiger partial charge in [0.05, 0.1) is 31.2 Å². The van der Waals surface area contributed by atoms with Gasteiger partial charge in [0.25, 0.3) is 0 Å². The second-order valence-corrected chi connectivity index (χ2v) is 8.08. The predicted octanol–water partition coefficient (Wildman–Crippen LogP) is 0.801. The van der Waals surface area contributed by atoms with Gasteiger partial charge in [-0.3, -0.25) is 0 Å². The molecule has 1 fully saturated rings. The molecule has 0 unspecified atom stereocenters. The molecule has 7 nitrogen and oxygen atoms in total. The quantitative estimate of drug-likeness (QED) is 0.789. The van der Waals surface area contributed by atoms with Crippen molar-refractivity contribution in [2.75, 3.05) is 43.5 Å². The average Bonchev–Trinajstić information content (AvgIpc) is 2.60. The van der Waals surface area contributed by atoms with Gasteiger partial charge in [-0.05, 0) is 18.4 Å². The van der Waals surface area contributed by atoms with E-state index in [9.17, 15) is 8.42 Å². The standard InChI is InChI=1S/C15H24N4O3S/c1-2-3-10-23(20,21)19-5-4-13-11-16-15(17-14(13)12-19)18-6-8-22-9-7-18/h11H,2-10,12H2,1H3. The van der Waals surface area contributed by atoms with Crippen LogP contribution in [-0.2, 0) is 27.7 Å². The van der Waals surface area contributed by atoms with E-state index >= 15 is 0 Å². The van der Waals surface area contributed by atoms with Crippen molar-refractivity contribution in [3.8, 4) is 0 Å². The Hall–Kier alpha value is -1.25. The number of morpholine rings is 1. The monoisotopic (exact) mass is 340 g/mol. The normalized spacial score (nSPS) is 19.6. The van der Waals surface area contributed by atoms with E-state index in [0.29, 0.717) is 45.1 Å². The molecule has 1 aromatic heterocycles. The van der Waals surface area contributed by atoms with Crippen LogP contribution in [0.15, 0.2) is 6.20 Å². The minimum atomic E-state index is -3.19. The molecule has 2 aliphatic rings. The summed E-state index contributed by atoms with van der Waals surface area (Å²) < 4.78 is 31.7. The Morgan fingerprint density at radius 2 is 2.04 bits per heavy atom. The first-order valence-corrected chi connectivity index (χ1v) is 9.86. The lowest BCUT2D eigenvalue weighted by molar-refractivity contribution is 0.122. The van der Waals surface area contributed by atoms with Gasteiger partial charge in [0, 0.05) is 25.8 Å². The molecule has 0 N–H and O–H groups in total. The maximum absolute atomic E-state index is 12.4. The van der Waals surface area contributed by atoms with Crippen LogP contribution in [0.3, 0.4) is 0 Å². The number of ether oxygens (including phenoxy) is 1. The molecule has 0 aliphatic carbocycles. The Balaban J connectivity index is 1.76. The molecule has 8 heteroatoms. The molecule has 2 aliphatic heterocycles. The van der Waals surface area contributed by atoms with Crippen molar-refractivity contribution in [2.45, 2.75) is 32.7 Å². The maximum atomic E-state index is 12.4. The van der Waals surface area contributed by atoms with Crippen LogP contribution in [0.1, 0.15) is 31.0 Å². The van der Waals surface area contributed by atoms with Gasteiger partial charge in [0.1, 0.15) is 0 Å². The van der Waals surface area contributed by atoms with Crippen molar-refractivity contribution in [1.82, 2.24) is 14.3 Å². The van der Waals surface area contributed by atoms with Gasteiger partial charge in [0.15, 0.2) is 0 Å². The van der Waals surface area contributed by atoms with Crippen LogP contribution in [0.25, 0.3) is 0 Å². The van der Waals surface area contributed by atoms with Crippen LogP contribution in [0.5, 0.6) is 0 Å².